The van der Waals surface area contributed by atoms with Crippen LogP contribution in [0.15, 0.2) is 54.6 Å². The van der Waals surface area contributed by atoms with Gasteiger partial charge in [-0.3, -0.25) is 9.59 Å². The van der Waals surface area contributed by atoms with Gasteiger partial charge in [0.15, 0.2) is 6.61 Å². The zero-order valence-electron chi connectivity index (χ0n) is 14.8. The van der Waals surface area contributed by atoms with Crippen LogP contribution in [-0.4, -0.2) is 36.2 Å². The van der Waals surface area contributed by atoms with E-state index in [0.29, 0.717) is 24.3 Å². The van der Waals surface area contributed by atoms with Crippen LogP contribution < -0.4 is 15.4 Å². The largest absolute Gasteiger partial charge is 0.484 e. The van der Waals surface area contributed by atoms with Crippen molar-refractivity contribution in [2.45, 2.75) is 25.9 Å². The summed E-state index contributed by atoms with van der Waals surface area (Å²) in [7, 11) is 0. The van der Waals surface area contributed by atoms with Crippen LogP contribution in [0.1, 0.15) is 18.9 Å². The number of carbonyl (C=O) groups excluding carboxylic acids is 2. The van der Waals surface area contributed by atoms with E-state index in [0.717, 1.165) is 5.56 Å². The quantitative estimate of drug-likeness (QED) is 0.642. The molecule has 0 fully saturated rings. The standard InChI is InChI=1S/C20H24N2O4/c1-2-19(24)22-16-9-6-10-18(12-16)26-14-20(25)21-13-17(23)11-15-7-4-3-5-8-15/h3-10,12,17,23H,2,11,13-14H2,1H3,(H,21,25)(H,22,24)/t17-/m1/s1. The number of aliphatic hydroxyl groups excluding tert-OH is 1. The first-order valence-electron chi connectivity index (χ1n) is 8.58. The van der Waals surface area contributed by atoms with E-state index in [9.17, 15) is 14.7 Å². The van der Waals surface area contributed by atoms with Crippen LogP contribution in [-0.2, 0) is 16.0 Å². The molecule has 0 aliphatic heterocycles. The molecule has 26 heavy (non-hydrogen) atoms. The molecule has 0 aliphatic rings. The molecule has 2 rings (SSSR count). The lowest BCUT2D eigenvalue weighted by molar-refractivity contribution is -0.123. The van der Waals surface area contributed by atoms with Crippen LogP contribution in [0.5, 0.6) is 5.75 Å². The SMILES string of the molecule is CCC(=O)Nc1cccc(OCC(=O)NC[C@H](O)Cc2ccccc2)c1. The smallest absolute Gasteiger partial charge is 0.258 e. The highest BCUT2D eigenvalue weighted by Crippen LogP contribution is 2.17. The second-order valence-electron chi connectivity index (χ2n) is 5.87. The Hall–Kier alpha value is -2.86. The molecule has 0 aliphatic carbocycles. The van der Waals surface area contributed by atoms with Gasteiger partial charge < -0.3 is 20.5 Å². The first-order chi connectivity index (χ1) is 12.6. The third-order valence-electron chi connectivity index (χ3n) is 3.66. The van der Waals surface area contributed by atoms with E-state index < -0.39 is 6.10 Å². The van der Waals surface area contributed by atoms with Crippen molar-refractivity contribution >= 4 is 17.5 Å². The maximum Gasteiger partial charge on any atom is 0.258 e. The Balaban J connectivity index is 1.73. The molecule has 0 saturated heterocycles. The molecule has 138 valence electrons. The number of hydrogen-bond acceptors (Lipinski definition) is 4. The van der Waals surface area contributed by atoms with Crippen molar-refractivity contribution in [3.8, 4) is 5.75 Å². The van der Waals surface area contributed by atoms with Gasteiger partial charge in [0, 0.05) is 31.1 Å². The number of hydrogen-bond donors (Lipinski definition) is 3. The number of benzene rings is 2. The van der Waals surface area contributed by atoms with Gasteiger partial charge in [-0.05, 0) is 17.7 Å². The first kappa shape index (κ1) is 19.5. The Morgan fingerprint density at radius 2 is 1.85 bits per heavy atom. The highest BCUT2D eigenvalue weighted by Gasteiger charge is 2.09. The molecule has 2 amide bonds. The van der Waals surface area contributed by atoms with Crippen molar-refractivity contribution in [3.05, 3.63) is 60.2 Å². The molecule has 1 atom stereocenters. The maximum absolute atomic E-state index is 11.9. The first-order valence-corrected chi connectivity index (χ1v) is 8.58. The van der Waals surface area contributed by atoms with Gasteiger partial charge >= 0.3 is 0 Å². The lowest BCUT2D eigenvalue weighted by atomic mass is 10.1. The third kappa shape index (κ3) is 6.94. The van der Waals surface area contributed by atoms with Crippen LogP contribution in [0.2, 0.25) is 0 Å². The van der Waals surface area contributed by atoms with Gasteiger partial charge in [0.2, 0.25) is 5.91 Å². The second kappa shape index (κ2) is 10.2. The third-order valence-corrected chi connectivity index (χ3v) is 3.66. The van der Waals surface area contributed by atoms with Crippen molar-refractivity contribution in [1.29, 1.82) is 0 Å². The minimum atomic E-state index is -0.658. The zero-order valence-corrected chi connectivity index (χ0v) is 14.8. The van der Waals surface area contributed by atoms with E-state index >= 15 is 0 Å². The van der Waals surface area contributed by atoms with Crippen molar-refractivity contribution < 1.29 is 19.4 Å². The number of nitrogens with one attached hydrogen (secondary N) is 2. The molecule has 0 unspecified atom stereocenters. The Kier molecular flexibility index (Phi) is 7.64. The summed E-state index contributed by atoms with van der Waals surface area (Å²) in [6.45, 7) is 1.76. The zero-order chi connectivity index (χ0) is 18.8. The van der Waals surface area contributed by atoms with E-state index in [4.69, 9.17) is 4.74 Å². The highest BCUT2D eigenvalue weighted by atomic mass is 16.5. The van der Waals surface area contributed by atoms with E-state index in [-0.39, 0.29) is 25.0 Å². The topological polar surface area (TPSA) is 87.7 Å². The van der Waals surface area contributed by atoms with Gasteiger partial charge in [-0.15, -0.1) is 0 Å². The monoisotopic (exact) mass is 356 g/mol. The van der Waals surface area contributed by atoms with E-state index in [1.807, 2.05) is 30.3 Å². The van der Waals surface area contributed by atoms with Gasteiger partial charge in [0.25, 0.3) is 5.91 Å². The number of amides is 2. The number of carbonyl (C=O) groups is 2. The van der Waals surface area contributed by atoms with Gasteiger partial charge in [-0.1, -0.05) is 43.3 Å². The minimum absolute atomic E-state index is 0.0905. The maximum atomic E-state index is 11.9. The molecular weight excluding hydrogens is 332 g/mol. The molecule has 6 heteroatoms. The lowest BCUT2D eigenvalue weighted by Crippen LogP contribution is -2.36. The molecule has 0 saturated carbocycles. The van der Waals surface area contributed by atoms with Gasteiger partial charge in [-0.2, -0.15) is 0 Å². The summed E-state index contributed by atoms with van der Waals surface area (Å²) < 4.78 is 5.43. The van der Waals surface area contributed by atoms with Gasteiger partial charge in [0.05, 0.1) is 6.10 Å². The summed E-state index contributed by atoms with van der Waals surface area (Å²) in [6, 6.07) is 16.4. The molecule has 2 aromatic rings. The molecule has 0 heterocycles. The summed E-state index contributed by atoms with van der Waals surface area (Å²) in [4.78, 5) is 23.3. The minimum Gasteiger partial charge on any atom is -0.484 e. The van der Waals surface area contributed by atoms with Crippen molar-refractivity contribution in [2.75, 3.05) is 18.5 Å². The highest BCUT2D eigenvalue weighted by molar-refractivity contribution is 5.90. The van der Waals surface area contributed by atoms with Gasteiger partial charge in [-0.25, -0.2) is 0 Å². The van der Waals surface area contributed by atoms with Crippen molar-refractivity contribution in [1.82, 2.24) is 5.32 Å². The Morgan fingerprint density at radius 3 is 2.58 bits per heavy atom. The normalized spacial score (nSPS) is 11.5. The fourth-order valence-corrected chi connectivity index (χ4v) is 2.30. The fraction of sp³-hybridized carbons (Fsp3) is 0.300. The van der Waals surface area contributed by atoms with E-state index in [1.165, 1.54) is 0 Å². The Labute approximate surface area is 153 Å². The molecule has 6 nitrogen and oxygen atoms in total. The predicted octanol–water partition coefficient (Wildman–Crippen LogP) is 2.13. The number of ether oxygens (including phenoxy) is 1. The van der Waals surface area contributed by atoms with E-state index in [2.05, 4.69) is 10.6 Å². The number of aliphatic hydroxyl groups is 1. The summed E-state index contributed by atoms with van der Waals surface area (Å²) in [5, 5.41) is 15.4. The van der Waals surface area contributed by atoms with Crippen molar-refractivity contribution in [3.63, 3.8) is 0 Å². The molecule has 0 radical (unpaired) electrons. The molecule has 0 spiro atoms. The Morgan fingerprint density at radius 1 is 1.08 bits per heavy atom. The average molecular weight is 356 g/mol. The summed E-state index contributed by atoms with van der Waals surface area (Å²) in [6.07, 6.45) is 0.203. The van der Waals surface area contributed by atoms with Crippen molar-refractivity contribution in [2.24, 2.45) is 0 Å². The Bertz CT molecular complexity index is 719. The number of anilines is 1. The van der Waals surface area contributed by atoms with E-state index in [1.54, 1.807) is 31.2 Å². The van der Waals surface area contributed by atoms with Gasteiger partial charge in [0.1, 0.15) is 5.75 Å². The van der Waals surface area contributed by atoms with Crippen LogP contribution in [0.25, 0.3) is 0 Å². The fourth-order valence-electron chi connectivity index (χ4n) is 2.30. The predicted molar refractivity (Wildman–Crippen MR) is 100 cm³/mol. The molecule has 0 bridgehead atoms. The van der Waals surface area contributed by atoms with Crippen LogP contribution in [0.4, 0.5) is 5.69 Å². The summed E-state index contributed by atoms with van der Waals surface area (Å²) in [5.41, 5.74) is 1.63. The number of rotatable bonds is 9. The molecule has 3 N–H and O–H groups in total. The second-order valence-corrected chi connectivity index (χ2v) is 5.87. The average Bonchev–Trinajstić information content (AvgIpc) is 2.65. The lowest BCUT2D eigenvalue weighted by Gasteiger charge is -2.13. The van der Waals surface area contributed by atoms with Crippen LogP contribution >= 0.6 is 0 Å². The van der Waals surface area contributed by atoms with Crippen LogP contribution in [0.3, 0.4) is 0 Å². The summed E-state index contributed by atoms with van der Waals surface area (Å²) in [5.74, 6) is 0.0753. The summed E-state index contributed by atoms with van der Waals surface area (Å²) >= 11 is 0. The molecule has 0 aromatic heterocycles. The molecular formula is C20H24N2O4. The van der Waals surface area contributed by atoms with Crippen LogP contribution in [0, 0.1) is 0 Å². The molecule has 2 aromatic carbocycles.